The Morgan fingerprint density at radius 1 is 1.47 bits per heavy atom. The minimum atomic E-state index is -0.597. The second kappa shape index (κ2) is 6.12. The highest BCUT2D eigenvalue weighted by molar-refractivity contribution is 8.00. The summed E-state index contributed by atoms with van der Waals surface area (Å²) in [4.78, 5) is 12.0. The predicted octanol–water partition coefficient (Wildman–Crippen LogP) is 2.38. The van der Waals surface area contributed by atoms with Gasteiger partial charge in [0.25, 0.3) is 0 Å². The number of carbonyl (C=O) groups is 1. The van der Waals surface area contributed by atoms with Crippen LogP contribution in [0.25, 0.3) is 0 Å². The number of nitriles is 1. The van der Waals surface area contributed by atoms with Crippen molar-refractivity contribution in [1.29, 1.82) is 5.26 Å². The zero-order chi connectivity index (χ0) is 13.7. The summed E-state index contributed by atoms with van der Waals surface area (Å²) in [5.74, 6) is -0.744. The molecule has 1 aliphatic carbocycles. The fraction of sp³-hybridized carbons (Fsp3) is 0.467. The van der Waals surface area contributed by atoms with Gasteiger partial charge >= 0.3 is 0 Å². The summed E-state index contributed by atoms with van der Waals surface area (Å²) in [6.45, 7) is 0.681. The molecule has 0 radical (unpaired) electrons. The second-order valence-corrected chi connectivity index (χ2v) is 6.25. The van der Waals surface area contributed by atoms with Gasteiger partial charge in [0.15, 0.2) is 0 Å². The molecule has 1 aromatic rings. The standard InChI is InChI=1S/C15H18N2OS/c1-19-15(7-8-15)11-17-14(18)13(10-16)9-12-5-3-2-4-6-12/h2-6,13H,7-9,11H2,1H3,(H,17,18). The average molecular weight is 274 g/mol. The summed E-state index contributed by atoms with van der Waals surface area (Å²) in [5, 5.41) is 12.1. The summed E-state index contributed by atoms with van der Waals surface area (Å²) in [7, 11) is 0. The quantitative estimate of drug-likeness (QED) is 0.866. The van der Waals surface area contributed by atoms with E-state index in [-0.39, 0.29) is 10.7 Å². The first kappa shape index (κ1) is 14.0. The van der Waals surface area contributed by atoms with Crippen LogP contribution in [-0.4, -0.2) is 23.5 Å². The highest BCUT2D eigenvalue weighted by Gasteiger charge is 2.42. The van der Waals surface area contributed by atoms with Crippen LogP contribution in [-0.2, 0) is 11.2 Å². The molecule has 3 nitrogen and oxygen atoms in total. The lowest BCUT2D eigenvalue weighted by molar-refractivity contribution is -0.123. The van der Waals surface area contributed by atoms with E-state index < -0.39 is 5.92 Å². The fourth-order valence-corrected chi connectivity index (χ4v) is 2.74. The average Bonchev–Trinajstić information content (AvgIpc) is 3.24. The molecule has 19 heavy (non-hydrogen) atoms. The summed E-state index contributed by atoms with van der Waals surface area (Å²) >= 11 is 1.81. The molecule has 0 heterocycles. The van der Waals surface area contributed by atoms with Crippen LogP contribution in [0.5, 0.6) is 0 Å². The molecule has 0 aromatic heterocycles. The van der Waals surface area contributed by atoms with Gasteiger partial charge in [0.2, 0.25) is 5.91 Å². The van der Waals surface area contributed by atoms with Gasteiger partial charge in [0.05, 0.1) is 6.07 Å². The van der Waals surface area contributed by atoms with E-state index in [9.17, 15) is 4.79 Å². The minimum Gasteiger partial charge on any atom is -0.354 e. The maximum absolute atomic E-state index is 12.0. The van der Waals surface area contributed by atoms with Gasteiger partial charge in [-0.05, 0) is 31.1 Å². The van der Waals surface area contributed by atoms with E-state index in [2.05, 4.69) is 17.6 Å². The lowest BCUT2D eigenvalue weighted by Crippen LogP contribution is -2.36. The third kappa shape index (κ3) is 3.74. The van der Waals surface area contributed by atoms with Crippen molar-refractivity contribution in [1.82, 2.24) is 5.32 Å². The van der Waals surface area contributed by atoms with Crippen molar-refractivity contribution in [3.8, 4) is 6.07 Å². The Balaban J connectivity index is 1.87. The van der Waals surface area contributed by atoms with Crippen molar-refractivity contribution in [2.45, 2.75) is 24.0 Å². The smallest absolute Gasteiger partial charge is 0.237 e. The van der Waals surface area contributed by atoms with E-state index in [1.807, 2.05) is 30.3 Å². The number of benzene rings is 1. The van der Waals surface area contributed by atoms with Crippen molar-refractivity contribution in [3.05, 3.63) is 35.9 Å². The second-order valence-electron chi connectivity index (χ2n) is 4.98. The first-order chi connectivity index (χ1) is 9.19. The normalized spacial score (nSPS) is 17.3. The molecule has 2 rings (SSSR count). The Morgan fingerprint density at radius 3 is 2.68 bits per heavy atom. The van der Waals surface area contributed by atoms with Gasteiger partial charge in [-0.15, -0.1) is 0 Å². The molecule has 1 N–H and O–H groups in total. The number of nitrogens with zero attached hydrogens (tertiary/aromatic N) is 1. The van der Waals surface area contributed by atoms with Gasteiger partial charge in [-0.25, -0.2) is 0 Å². The lowest BCUT2D eigenvalue weighted by Gasteiger charge is -2.15. The van der Waals surface area contributed by atoms with Crippen molar-refractivity contribution in [3.63, 3.8) is 0 Å². The van der Waals surface area contributed by atoms with Crippen LogP contribution >= 0.6 is 11.8 Å². The summed E-state index contributed by atoms with van der Waals surface area (Å²) in [5.41, 5.74) is 1.02. The van der Waals surface area contributed by atoms with Gasteiger partial charge in [0.1, 0.15) is 5.92 Å². The number of rotatable bonds is 6. The predicted molar refractivity (Wildman–Crippen MR) is 77.7 cm³/mol. The highest BCUT2D eigenvalue weighted by atomic mass is 32.2. The Morgan fingerprint density at radius 2 is 2.16 bits per heavy atom. The van der Waals surface area contributed by atoms with Crippen LogP contribution in [0.2, 0.25) is 0 Å². The maximum atomic E-state index is 12.0. The van der Waals surface area contributed by atoms with Crippen LogP contribution in [0, 0.1) is 17.2 Å². The first-order valence-electron chi connectivity index (χ1n) is 6.45. The molecule has 1 saturated carbocycles. The zero-order valence-corrected chi connectivity index (χ0v) is 11.9. The molecular weight excluding hydrogens is 256 g/mol. The summed E-state index contributed by atoms with van der Waals surface area (Å²) in [6.07, 6.45) is 4.87. The molecule has 1 atom stereocenters. The molecule has 1 aliphatic rings. The highest BCUT2D eigenvalue weighted by Crippen LogP contribution is 2.46. The van der Waals surface area contributed by atoms with E-state index in [0.29, 0.717) is 13.0 Å². The molecular formula is C15H18N2OS. The lowest BCUT2D eigenvalue weighted by atomic mass is 10.00. The van der Waals surface area contributed by atoms with Crippen LogP contribution in [0.1, 0.15) is 18.4 Å². The molecule has 1 amide bonds. The van der Waals surface area contributed by atoms with E-state index in [0.717, 1.165) is 18.4 Å². The van der Waals surface area contributed by atoms with Crippen LogP contribution < -0.4 is 5.32 Å². The van der Waals surface area contributed by atoms with Gasteiger partial charge in [0, 0.05) is 11.3 Å². The fourth-order valence-electron chi connectivity index (χ4n) is 2.01. The van der Waals surface area contributed by atoms with Crippen molar-refractivity contribution in [2.75, 3.05) is 12.8 Å². The minimum absolute atomic E-state index is 0.147. The monoisotopic (exact) mass is 274 g/mol. The first-order valence-corrected chi connectivity index (χ1v) is 7.68. The topological polar surface area (TPSA) is 52.9 Å². The maximum Gasteiger partial charge on any atom is 0.237 e. The Bertz CT molecular complexity index is 477. The van der Waals surface area contributed by atoms with Crippen LogP contribution in [0.15, 0.2) is 30.3 Å². The van der Waals surface area contributed by atoms with Crippen molar-refractivity contribution in [2.24, 2.45) is 5.92 Å². The molecule has 0 spiro atoms. The molecule has 1 fully saturated rings. The van der Waals surface area contributed by atoms with E-state index in [1.54, 1.807) is 11.8 Å². The molecule has 0 bridgehead atoms. The zero-order valence-electron chi connectivity index (χ0n) is 11.1. The van der Waals surface area contributed by atoms with E-state index >= 15 is 0 Å². The van der Waals surface area contributed by atoms with Gasteiger partial charge in [-0.1, -0.05) is 30.3 Å². The number of nitrogens with one attached hydrogen (secondary N) is 1. The van der Waals surface area contributed by atoms with Crippen molar-refractivity contribution >= 4 is 17.7 Å². The SMILES string of the molecule is CSC1(CNC(=O)C(C#N)Cc2ccccc2)CC1. The Hall–Kier alpha value is -1.47. The Kier molecular flexibility index (Phi) is 4.49. The largest absolute Gasteiger partial charge is 0.354 e. The molecule has 0 aliphatic heterocycles. The van der Waals surface area contributed by atoms with Crippen LogP contribution in [0.3, 0.4) is 0 Å². The third-order valence-electron chi connectivity index (χ3n) is 3.58. The molecule has 0 saturated heterocycles. The summed E-state index contributed by atoms with van der Waals surface area (Å²) in [6, 6.07) is 11.8. The van der Waals surface area contributed by atoms with Crippen LogP contribution in [0.4, 0.5) is 0 Å². The molecule has 100 valence electrons. The molecule has 4 heteroatoms. The van der Waals surface area contributed by atoms with E-state index in [4.69, 9.17) is 5.26 Å². The van der Waals surface area contributed by atoms with Gasteiger partial charge in [-0.2, -0.15) is 17.0 Å². The van der Waals surface area contributed by atoms with Crippen molar-refractivity contribution < 1.29 is 4.79 Å². The number of hydrogen-bond acceptors (Lipinski definition) is 3. The Labute approximate surface area is 118 Å². The molecule has 1 unspecified atom stereocenters. The molecule has 1 aromatic carbocycles. The van der Waals surface area contributed by atoms with Gasteiger partial charge in [-0.3, -0.25) is 4.79 Å². The van der Waals surface area contributed by atoms with Gasteiger partial charge < -0.3 is 5.32 Å². The van der Waals surface area contributed by atoms with E-state index in [1.165, 1.54) is 0 Å². The number of amides is 1. The number of thioether (sulfide) groups is 1. The number of carbonyl (C=O) groups excluding carboxylic acids is 1. The summed E-state index contributed by atoms with van der Waals surface area (Å²) < 4.78 is 0.239. The third-order valence-corrected chi connectivity index (χ3v) is 5.00. The number of hydrogen-bond donors (Lipinski definition) is 1.